The lowest BCUT2D eigenvalue weighted by molar-refractivity contribution is -0.150. The largest absolute Gasteiger partial charge is 0.342 e. The number of rotatable bonds is 4. The maximum absolute atomic E-state index is 12.6. The van der Waals surface area contributed by atoms with Gasteiger partial charge in [-0.1, -0.05) is 6.92 Å². The molecule has 2 heterocycles. The van der Waals surface area contributed by atoms with Gasteiger partial charge in [0.1, 0.15) is 12.1 Å². The Hall–Kier alpha value is -0.880. The van der Waals surface area contributed by atoms with Crippen LogP contribution < -0.4 is 5.32 Å². The van der Waals surface area contributed by atoms with Crippen molar-refractivity contribution in [1.29, 1.82) is 0 Å². The fourth-order valence-electron chi connectivity index (χ4n) is 2.73. The van der Waals surface area contributed by atoms with E-state index >= 15 is 0 Å². The van der Waals surface area contributed by atoms with Crippen molar-refractivity contribution in [3.8, 4) is 0 Å². The van der Waals surface area contributed by atoms with Gasteiger partial charge in [-0.25, -0.2) is 0 Å². The van der Waals surface area contributed by atoms with E-state index in [2.05, 4.69) is 21.2 Å². The van der Waals surface area contributed by atoms with E-state index < -0.39 is 0 Å². The van der Waals surface area contributed by atoms with E-state index in [-0.39, 0.29) is 23.9 Å². The molecule has 2 amide bonds. The Morgan fingerprint density at radius 3 is 2.70 bits per heavy atom. The molecule has 1 aliphatic heterocycles. The number of hydrogen-bond donors (Lipinski definition) is 1. The maximum atomic E-state index is 12.6. The number of carbonyl (C=O) groups excluding carboxylic acids is 2. The zero-order valence-corrected chi connectivity index (χ0v) is 13.7. The monoisotopic (exact) mass is 356 g/mol. The second kappa shape index (κ2) is 5.48. The predicted molar refractivity (Wildman–Crippen MR) is 81.3 cm³/mol. The first kappa shape index (κ1) is 14.1. The van der Waals surface area contributed by atoms with Gasteiger partial charge in [0, 0.05) is 4.88 Å². The molecule has 108 valence electrons. The van der Waals surface area contributed by atoms with Gasteiger partial charge < -0.3 is 10.2 Å². The Kier molecular flexibility index (Phi) is 3.86. The second-order valence-corrected chi connectivity index (χ2v) is 7.97. The van der Waals surface area contributed by atoms with Crippen molar-refractivity contribution in [2.24, 2.45) is 5.92 Å². The Morgan fingerprint density at radius 1 is 1.40 bits per heavy atom. The summed E-state index contributed by atoms with van der Waals surface area (Å²) in [5.74, 6) is 0.435. The predicted octanol–water partition coefficient (Wildman–Crippen LogP) is 2.53. The molecule has 3 rings (SSSR count). The van der Waals surface area contributed by atoms with Crippen molar-refractivity contribution < 1.29 is 9.59 Å². The number of nitrogens with one attached hydrogen (secondary N) is 1. The first-order valence-corrected chi connectivity index (χ1v) is 8.56. The molecule has 1 N–H and O–H groups in total. The molecule has 0 spiro atoms. The van der Waals surface area contributed by atoms with Gasteiger partial charge in [-0.05, 0) is 53.2 Å². The molecule has 6 heteroatoms. The molecule has 0 aromatic carbocycles. The van der Waals surface area contributed by atoms with Crippen LogP contribution in [0.2, 0.25) is 0 Å². The Bertz CT molecular complexity index is 541. The molecule has 1 aromatic heterocycles. The van der Waals surface area contributed by atoms with Crippen molar-refractivity contribution in [2.75, 3.05) is 0 Å². The summed E-state index contributed by atoms with van der Waals surface area (Å²) in [6.45, 7) is 2.48. The van der Waals surface area contributed by atoms with Crippen molar-refractivity contribution in [3.05, 3.63) is 20.8 Å². The van der Waals surface area contributed by atoms with E-state index in [0.29, 0.717) is 18.9 Å². The number of thiophene rings is 1. The molecule has 2 aliphatic rings. The zero-order valence-electron chi connectivity index (χ0n) is 11.3. The topological polar surface area (TPSA) is 49.4 Å². The lowest BCUT2D eigenvalue weighted by Crippen LogP contribution is -2.63. The Balaban J connectivity index is 1.82. The molecule has 0 bridgehead atoms. The minimum atomic E-state index is -0.335. The van der Waals surface area contributed by atoms with Crippen LogP contribution in [0.15, 0.2) is 15.9 Å². The molecule has 0 radical (unpaired) electrons. The first-order valence-electron chi connectivity index (χ1n) is 6.95. The number of carbonyl (C=O) groups is 2. The second-order valence-electron chi connectivity index (χ2n) is 5.42. The van der Waals surface area contributed by atoms with Crippen molar-refractivity contribution in [3.63, 3.8) is 0 Å². The summed E-state index contributed by atoms with van der Waals surface area (Å²) in [4.78, 5) is 27.7. The van der Waals surface area contributed by atoms with Gasteiger partial charge in [0.25, 0.3) is 0 Å². The molecule has 20 heavy (non-hydrogen) atoms. The van der Waals surface area contributed by atoms with Gasteiger partial charge in [-0.3, -0.25) is 9.59 Å². The third-order valence-electron chi connectivity index (χ3n) is 3.96. The van der Waals surface area contributed by atoms with Gasteiger partial charge >= 0.3 is 0 Å². The highest BCUT2D eigenvalue weighted by atomic mass is 79.9. The number of nitrogens with zero attached hydrogens (tertiary/aromatic N) is 1. The van der Waals surface area contributed by atoms with Crippen molar-refractivity contribution in [2.45, 2.75) is 44.8 Å². The summed E-state index contributed by atoms with van der Waals surface area (Å²) in [5, 5.41) is 2.91. The molecule has 1 saturated heterocycles. The summed E-state index contributed by atoms with van der Waals surface area (Å²) in [6.07, 6.45) is 2.75. The van der Waals surface area contributed by atoms with Crippen LogP contribution in [0.1, 0.15) is 31.1 Å². The standard InChI is InChI=1S/C14H17BrN2O2S/c1-2-10-13(18)16-12(8-3-4-8)14(19)17(10)7-9-5-6-11(15)20-9/h5-6,8,10,12H,2-4,7H2,1H3,(H,16,18). The minimum Gasteiger partial charge on any atom is -0.342 e. The highest BCUT2D eigenvalue weighted by Gasteiger charge is 2.46. The van der Waals surface area contributed by atoms with Gasteiger partial charge in [0.15, 0.2) is 0 Å². The fraction of sp³-hybridized carbons (Fsp3) is 0.571. The molecule has 1 aromatic rings. The van der Waals surface area contributed by atoms with Crippen LogP contribution in [0.5, 0.6) is 0 Å². The van der Waals surface area contributed by atoms with E-state index in [1.807, 2.05) is 19.1 Å². The number of hydrogen-bond acceptors (Lipinski definition) is 3. The maximum Gasteiger partial charge on any atom is 0.246 e. The van der Waals surface area contributed by atoms with E-state index in [1.54, 1.807) is 16.2 Å². The minimum absolute atomic E-state index is 0.000350. The average Bonchev–Trinajstić information content (AvgIpc) is 3.17. The van der Waals surface area contributed by atoms with Crippen LogP contribution in [0.25, 0.3) is 0 Å². The number of piperazine rings is 1. The van der Waals surface area contributed by atoms with Gasteiger partial charge in [0.2, 0.25) is 11.8 Å². The average molecular weight is 357 g/mol. The summed E-state index contributed by atoms with van der Waals surface area (Å²) in [7, 11) is 0. The third kappa shape index (κ3) is 2.63. The third-order valence-corrected chi connectivity index (χ3v) is 5.57. The van der Waals surface area contributed by atoms with E-state index in [1.165, 1.54) is 0 Å². The van der Waals surface area contributed by atoms with Crippen LogP contribution in [0.3, 0.4) is 0 Å². The Labute approximate surface area is 130 Å². The van der Waals surface area contributed by atoms with Crippen LogP contribution in [-0.2, 0) is 16.1 Å². The highest BCUT2D eigenvalue weighted by Crippen LogP contribution is 2.36. The number of amides is 2. The highest BCUT2D eigenvalue weighted by molar-refractivity contribution is 9.11. The smallest absolute Gasteiger partial charge is 0.246 e. The summed E-state index contributed by atoms with van der Waals surface area (Å²) in [5.41, 5.74) is 0. The molecule has 1 aliphatic carbocycles. The summed E-state index contributed by atoms with van der Waals surface area (Å²) in [6, 6.07) is 3.35. The lowest BCUT2D eigenvalue weighted by atomic mass is 10.0. The summed E-state index contributed by atoms with van der Waals surface area (Å²) < 4.78 is 1.05. The van der Waals surface area contributed by atoms with Crippen molar-refractivity contribution >= 4 is 39.1 Å². The first-order chi connectivity index (χ1) is 9.60. The molecular weight excluding hydrogens is 340 g/mol. The van der Waals surface area contributed by atoms with Crippen molar-refractivity contribution in [1.82, 2.24) is 10.2 Å². The van der Waals surface area contributed by atoms with Gasteiger partial charge in [0.05, 0.1) is 10.3 Å². The molecule has 2 fully saturated rings. The molecule has 2 atom stereocenters. The normalized spacial score (nSPS) is 26.8. The van der Waals surface area contributed by atoms with Crippen LogP contribution >= 0.6 is 27.3 Å². The van der Waals surface area contributed by atoms with Crippen LogP contribution in [-0.4, -0.2) is 28.8 Å². The molecule has 4 nitrogen and oxygen atoms in total. The van der Waals surface area contributed by atoms with Crippen LogP contribution in [0, 0.1) is 5.92 Å². The van der Waals surface area contributed by atoms with E-state index in [0.717, 1.165) is 21.5 Å². The van der Waals surface area contributed by atoms with Crippen LogP contribution in [0.4, 0.5) is 0 Å². The number of halogens is 1. The fourth-order valence-corrected chi connectivity index (χ4v) is 4.21. The summed E-state index contributed by atoms with van der Waals surface area (Å²) >= 11 is 5.05. The Morgan fingerprint density at radius 2 is 2.15 bits per heavy atom. The van der Waals surface area contributed by atoms with Gasteiger partial charge in [-0.15, -0.1) is 11.3 Å². The zero-order chi connectivity index (χ0) is 14.3. The molecular formula is C14H17BrN2O2S. The van der Waals surface area contributed by atoms with E-state index in [9.17, 15) is 9.59 Å². The van der Waals surface area contributed by atoms with E-state index in [4.69, 9.17) is 0 Å². The lowest BCUT2D eigenvalue weighted by Gasteiger charge is -2.38. The van der Waals surface area contributed by atoms with Gasteiger partial charge in [-0.2, -0.15) is 0 Å². The SMILES string of the molecule is CCC1C(=O)NC(C2CC2)C(=O)N1Cc1ccc(Br)s1. The quantitative estimate of drug-likeness (QED) is 0.900. The molecule has 2 unspecified atom stereocenters. The molecule has 1 saturated carbocycles.